The van der Waals surface area contributed by atoms with Gasteiger partial charge in [-0.1, -0.05) is 66.5 Å². The molecule has 0 aliphatic heterocycles. The molecule has 0 spiro atoms. The maximum atomic E-state index is 13.8. The molecule has 0 fully saturated rings. The number of nitrogens with zero attached hydrogens (tertiary/aromatic N) is 2. The molecule has 3 aromatic carbocycles. The third-order valence-electron chi connectivity index (χ3n) is 6.50. The highest BCUT2D eigenvalue weighted by molar-refractivity contribution is 6.36. The van der Waals surface area contributed by atoms with Crippen LogP contribution in [0.3, 0.4) is 0 Å². The second-order valence-electron chi connectivity index (χ2n) is 9.09. The highest BCUT2D eigenvalue weighted by atomic mass is 35.5. The summed E-state index contributed by atoms with van der Waals surface area (Å²) in [7, 11) is 1.62. The first kappa shape index (κ1) is 27.6. The van der Waals surface area contributed by atoms with Crippen molar-refractivity contribution in [1.82, 2.24) is 14.8 Å². The van der Waals surface area contributed by atoms with E-state index in [0.717, 1.165) is 22.0 Å². The van der Waals surface area contributed by atoms with Crippen molar-refractivity contribution in [1.29, 1.82) is 0 Å². The third-order valence-corrected chi connectivity index (χ3v) is 7.05. The molecule has 0 unspecified atom stereocenters. The minimum Gasteiger partial charge on any atom is -0.496 e. The van der Waals surface area contributed by atoms with Gasteiger partial charge in [-0.25, -0.2) is 0 Å². The summed E-state index contributed by atoms with van der Waals surface area (Å²) in [6.45, 7) is 3.18. The maximum absolute atomic E-state index is 13.8. The molecule has 4 aromatic rings. The molecular weight excluding hydrogens is 521 g/mol. The molecule has 0 bridgehead atoms. The van der Waals surface area contributed by atoms with Crippen LogP contribution in [-0.2, 0) is 17.8 Å². The highest BCUT2D eigenvalue weighted by Gasteiger charge is 2.24. The van der Waals surface area contributed by atoms with Crippen LogP contribution in [0.25, 0.3) is 10.9 Å². The lowest BCUT2D eigenvalue weighted by Gasteiger charge is -2.28. The zero-order chi connectivity index (χ0) is 27.1. The van der Waals surface area contributed by atoms with Crippen LogP contribution >= 0.6 is 23.2 Å². The molecule has 1 heterocycles. The summed E-state index contributed by atoms with van der Waals surface area (Å²) >= 11 is 12.3. The average Bonchev–Trinajstić information content (AvgIpc) is 3.33. The van der Waals surface area contributed by atoms with Gasteiger partial charge in [-0.2, -0.15) is 0 Å². The molecule has 198 valence electrons. The summed E-state index contributed by atoms with van der Waals surface area (Å²) in [4.78, 5) is 33.8. The maximum Gasteiger partial charge on any atom is 0.255 e. The van der Waals surface area contributed by atoms with Gasteiger partial charge in [0.1, 0.15) is 12.3 Å². The molecule has 0 radical (unpaired) electrons. The summed E-state index contributed by atoms with van der Waals surface area (Å²) in [5.74, 6) is 0.269. The van der Waals surface area contributed by atoms with Gasteiger partial charge in [0.05, 0.1) is 17.7 Å². The van der Waals surface area contributed by atoms with Crippen molar-refractivity contribution in [2.75, 3.05) is 26.7 Å². The SMILES string of the molecule is CCCN(CC(=O)N(CCc1c[nH]c2ccccc12)Cc1ccccc1OC)C(=O)c1ccc(Cl)cc1Cl. The first-order valence-corrected chi connectivity index (χ1v) is 13.4. The van der Waals surface area contributed by atoms with Crippen molar-refractivity contribution in [3.63, 3.8) is 0 Å². The van der Waals surface area contributed by atoms with Gasteiger partial charge in [0.15, 0.2) is 0 Å². The number of nitrogens with one attached hydrogen (secondary N) is 1. The number of amides is 2. The Bertz CT molecular complexity index is 1420. The van der Waals surface area contributed by atoms with Crippen LogP contribution in [0.4, 0.5) is 0 Å². The number of fused-ring (bicyclic) bond motifs is 1. The molecule has 0 aliphatic rings. The number of ether oxygens (including phenoxy) is 1. The van der Waals surface area contributed by atoms with Crippen LogP contribution in [0.1, 0.15) is 34.8 Å². The van der Waals surface area contributed by atoms with Crippen molar-refractivity contribution in [3.8, 4) is 5.75 Å². The van der Waals surface area contributed by atoms with E-state index in [1.165, 1.54) is 6.07 Å². The van der Waals surface area contributed by atoms with Gasteiger partial charge in [-0.05, 0) is 48.7 Å². The largest absolute Gasteiger partial charge is 0.496 e. The standard InChI is InChI=1S/C30H31Cl2N3O3/c1-3-15-35(30(37)25-13-12-23(31)17-26(25)32)20-29(36)34(19-22-8-4-7-11-28(22)38-2)16-14-21-18-33-27-10-6-5-9-24(21)27/h4-13,17-18,33H,3,14-16,19-20H2,1-2H3. The fraction of sp³-hybridized carbons (Fsp3) is 0.267. The minimum absolute atomic E-state index is 0.0609. The van der Waals surface area contributed by atoms with E-state index in [1.54, 1.807) is 29.0 Å². The predicted molar refractivity (Wildman–Crippen MR) is 153 cm³/mol. The van der Waals surface area contributed by atoms with Crippen molar-refractivity contribution >= 4 is 45.9 Å². The molecule has 38 heavy (non-hydrogen) atoms. The Hall–Kier alpha value is -3.48. The molecule has 0 saturated carbocycles. The fourth-order valence-electron chi connectivity index (χ4n) is 4.54. The number of aromatic amines is 1. The van der Waals surface area contributed by atoms with Gasteiger partial charge in [-0.3, -0.25) is 9.59 Å². The quantitative estimate of drug-likeness (QED) is 0.228. The Morgan fingerprint density at radius 2 is 1.68 bits per heavy atom. The van der Waals surface area contributed by atoms with Crippen molar-refractivity contribution in [2.24, 2.45) is 0 Å². The van der Waals surface area contributed by atoms with Crippen molar-refractivity contribution in [3.05, 3.63) is 99.7 Å². The lowest BCUT2D eigenvalue weighted by atomic mass is 10.1. The van der Waals surface area contributed by atoms with Crippen LogP contribution in [0, 0.1) is 0 Å². The Labute approximate surface area is 233 Å². The zero-order valence-electron chi connectivity index (χ0n) is 21.5. The normalized spacial score (nSPS) is 10.9. The summed E-state index contributed by atoms with van der Waals surface area (Å²) < 4.78 is 5.54. The van der Waals surface area contributed by atoms with E-state index in [1.807, 2.05) is 55.6 Å². The van der Waals surface area contributed by atoms with Gasteiger partial charge in [-0.15, -0.1) is 0 Å². The molecule has 6 nitrogen and oxygen atoms in total. The van der Waals surface area contributed by atoms with Crippen molar-refractivity contribution < 1.29 is 14.3 Å². The van der Waals surface area contributed by atoms with Gasteiger partial charge < -0.3 is 19.5 Å². The molecule has 8 heteroatoms. The number of benzene rings is 3. The molecule has 1 aromatic heterocycles. The molecule has 4 rings (SSSR count). The van der Waals surface area contributed by atoms with Crippen LogP contribution < -0.4 is 4.74 Å². The number of halogens is 2. The second-order valence-corrected chi connectivity index (χ2v) is 9.93. The number of H-pyrrole nitrogens is 1. The monoisotopic (exact) mass is 551 g/mol. The first-order valence-electron chi connectivity index (χ1n) is 12.6. The molecule has 0 aliphatic carbocycles. The molecule has 0 saturated heterocycles. The number of methoxy groups -OCH3 is 1. The van der Waals surface area contributed by atoms with Crippen molar-refractivity contribution in [2.45, 2.75) is 26.3 Å². The Morgan fingerprint density at radius 3 is 2.45 bits per heavy atom. The Balaban J connectivity index is 1.58. The van der Waals surface area contributed by atoms with Crippen LogP contribution in [0.5, 0.6) is 5.75 Å². The zero-order valence-corrected chi connectivity index (χ0v) is 23.1. The Morgan fingerprint density at radius 1 is 0.921 bits per heavy atom. The summed E-state index contributed by atoms with van der Waals surface area (Å²) in [5.41, 5.74) is 3.42. The number of aromatic nitrogens is 1. The lowest BCUT2D eigenvalue weighted by Crippen LogP contribution is -2.43. The molecule has 2 amide bonds. The van der Waals surface area contributed by atoms with Gasteiger partial charge in [0.2, 0.25) is 5.91 Å². The van der Waals surface area contributed by atoms with E-state index in [0.29, 0.717) is 48.8 Å². The average molecular weight is 553 g/mol. The topological polar surface area (TPSA) is 65.6 Å². The molecule has 0 atom stereocenters. The second kappa shape index (κ2) is 12.9. The smallest absolute Gasteiger partial charge is 0.255 e. The number of rotatable bonds is 11. The van der Waals surface area contributed by atoms with Gasteiger partial charge in [0, 0.05) is 47.3 Å². The van der Waals surface area contributed by atoms with E-state index < -0.39 is 0 Å². The number of para-hydroxylation sites is 2. The summed E-state index contributed by atoms with van der Waals surface area (Å²) in [6.07, 6.45) is 3.35. The van der Waals surface area contributed by atoms with Gasteiger partial charge >= 0.3 is 0 Å². The number of hydrogen-bond donors (Lipinski definition) is 1. The number of carbonyl (C=O) groups is 2. The molecule has 1 N–H and O–H groups in total. The summed E-state index contributed by atoms with van der Waals surface area (Å²) in [6, 6.07) is 20.5. The van der Waals surface area contributed by atoms with E-state index >= 15 is 0 Å². The third kappa shape index (κ3) is 6.50. The predicted octanol–water partition coefficient (Wildman–Crippen LogP) is 6.61. The van der Waals surface area contributed by atoms with E-state index in [2.05, 4.69) is 11.1 Å². The van der Waals surface area contributed by atoms with Crippen LogP contribution in [-0.4, -0.2) is 53.3 Å². The highest BCUT2D eigenvalue weighted by Crippen LogP contribution is 2.24. The van der Waals surface area contributed by atoms with E-state index in [4.69, 9.17) is 27.9 Å². The molecular formula is C30H31Cl2N3O3. The fourth-order valence-corrected chi connectivity index (χ4v) is 5.03. The number of hydrogen-bond acceptors (Lipinski definition) is 3. The van der Waals surface area contributed by atoms with E-state index in [-0.39, 0.29) is 23.4 Å². The minimum atomic E-state index is -0.296. The van der Waals surface area contributed by atoms with E-state index in [9.17, 15) is 9.59 Å². The van der Waals surface area contributed by atoms with Gasteiger partial charge in [0.25, 0.3) is 5.91 Å². The van der Waals surface area contributed by atoms with Crippen LogP contribution in [0.15, 0.2) is 72.9 Å². The first-order chi connectivity index (χ1) is 18.4. The Kier molecular flexibility index (Phi) is 9.32. The lowest BCUT2D eigenvalue weighted by molar-refractivity contribution is -0.132. The summed E-state index contributed by atoms with van der Waals surface area (Å²) in [5, 5.41) is 1.85. The van der Waals surface area contributed by atoms with Crippen LogP contribution in [0.2, 0.25) is 10.0 Å². The number of carbonyl (C=O) groups excluding carboxylic acids is 2.